The summed E-state index contributed by atoms with van der Waals surface area (Å²) in [4.78, 5) is 47.4. The summed E-state index contributed by atoms with van der Waals surface area (Å²) in [5.41, 5.74) is 4.70. The fourth-order valence-electron chi connectivity index (χ4n) is 2.48. The van der Waals surface area contributed by atoms with Crippen LogP contribution in [-0.4, -0.2) is 34.6 Å². The Kier molecular flexibility index (Phi) is 6.35. The van der Waals surface area contributed by atoms with Gasteiger partial charge >= 0.3 is 5.97 Å². The van der Waals surface area contributed by atoms with Crippen molar-refractivity contribution in [2.24, 2.45) is 0 Å². The molecule has 148 valence electrons. The number of esters is 1. The summed E-state index contributed by atoms with van der Waals surface area (Å²) in [5.74, 6) is -1.92. The van der Waals surface area contributed by atoms with Crippen molar-refractivity contribution < 1.29 is 19.1 Å². The van der Waals surface area contributed by atoms with Gasteiger partial charge in [0.05, 0.1) is 17.5 Å². The van der Waals surface area contributed by atoms with Crippen molar-refractivity contribution in [2.45, 2.75) is 6.42 Å². The molecule has 2 amide bonds. The van der Waals surface area contributed by atoms with Gasteiger partial charge in [0.2, 0.25) is 0 Å². The standard InChI is InChI=1S/C19H15BrN4O5/c20-12-7-5-11(6-8-12)18(27)23-22-16(25)10-29-17(26)9-15-13-3-1-2-4-14(13)19(28)24-21-15/h1-8H,9-10H2,(H,22,25)(H,23,27)(H,24,28). The van der Waals surface area contributed by atoms with E-state index in [0.29, 0.717) is 22.0 Å². The Morgan fingerprint density at radius 2 is 1.69 bits per heavy atom. The minimum Gasteiger partial charge on any atom is -0.455 e. The molecule has 9 nitrogen and oxygen atoms in total. The Morgan fingerprint density at radius 3 is 2.41 bits per heavy atom. The first-order chi connectivity index (χ1) is 13.9. The molecule has 0 bridgehead atoms. The Balaban J connectivity index is 1.50. The van der Waals surface area contributed by atoms with Gasteiger partial charge < -0.3 is 4.74 Å². The number of aromatic nitrogens is 2. The molecule has 0 spiro atoms. The number of fused-ring (bicyclic) bond motifs is 1. The number of hydrogen-bond donors (Lipinski definition) is 3. The van der Waals surface area contributed by atoms with Crippen LogP contribution in [0.25, 0.3) is 10.8 Å². The van der Waals surface area contributed by atoms with Gasteiger partial charge in [-0.2, -0.15) is 5.10 Å². The fraction of sp³-hybridized carbons (Fsp3) is 0.105. The van der Waals surface area contributed by atoms with Gasteiger partial charge in [0, 0.05) is 15.4 Å². The molecule has 0 saturated heterocycles. The summed E-state index contributed by atoms with van der Waals surface area (Å²) in [5, 5.41) is 7.12. The molecule has 0 fully saturated rings. The number of aromatic amines is 1. The van der Waals surface area contributed by atoms with E-state index in [1.54, 1.807) is 48.5 Å². The van der Waals surface area contributed by atoms with Gasteiger partial charge in [-0.3, -0.25) is 30.0 Å². The number of carbonyl (C=O) groups is 3. The predicted octanol–water partition coefficient (Wildman–Crippen LogP) is 1.23. The van der Waals surface area contributed by atoms with Crippen molar-refractivity contribution in [3.8, 4) is 0 Å². The Labute approximate surface area is 172 Å². The van der Waals surface area contributed by atoms with Crippen LogP contribution in [0.3, 0.4) is 0 Å². The molecule has 0 saturated carbocycles. The van der Waals surface area contributed by atoms with Crippen molar-refractivity contribution in [2.75, 3.05) is 6.61 Å². The van der Waals surface area contributed by atoms with E-state index in [0.717, 1.165) is 4.47 Å². The maximum Gasteiger partial charge on any atom is 0.312 e. The zero-order valence-corrected chi connectivity index (χ0v) is 16.5. The van der Waals surface area contributed by atoms with Crippen LogP contribution in [-0.2, 0) is 20.7 Å². The topological polar surface area (TPSA) is 130 Å². The zero-order chi connectivity index (χ0) is 20.8. The number of nitrogens with zero attached hydrogens (tertiary/aromatic N) is 1. The average Bonchev–Trinajstić information content (AvgIpc) is 2.73. The third-order valence-electron chi connectivity index (χ3n) is 3.87. The molecule has 2 aromatic carbocycles. The first-order valence-corrected chi connectivity index (χ1v) is 9.20. The van der Waals surface area contributed by atoms with E-state index >= 15 is 0 Å². The van der Waals surface area contributed by atoms with E-state index in [4.69, 9.17) is 4.74 Å². The normalized spacial score (nSPS) is 10.4. The minimum absolute atomic E-state index is 0.226. The summed E-state index contributed by atoms with van der Waals surface area (Å²) in [6.07, 6.45) is -0.226. The van der Waals surface area contributed by atoms with E-state index in [9.17, 15) is 19.2 Å². The highest BCUT2D eigenvalue weighted by Gasteiger charge is 2.14. The highest BCUT2D eigenvalue weighted by molar-refractivity contribution is 9.10. The number of benzene rings is 2. The Morgan fingerprint density at radius 1 is 1.00 bits per heavy atom. The SMILES string of the molecule is O=C(COC(=O)Cc1n[nH]c(=O)c2ccccc12)NNC(=O)c1ccc(Br)cc1. The van der Waals surface area contributed by atoms with Crippen LogP contribution in [0.1, 0.15) is 16.1 Å². The van der Waals surface area contributed by atoms with Crippen LogP contribution in [0.4, 0.5) is 0 Å². The number of halogens is 1. The van der Waals surface area contributed by atoms with Crippen LogP contribution in [0.5, 0.6) is 0 Å². The molecule has 3 aromatic rings. The number of rotatable bonds is 5. The lowest BCUT2D eigenvalue weighted by atomic mass is 10.1. The minimum atomic E-state index is -0.705. The molecule has 29 heavy (non-hydrogen) atoms. The summed E-state index contributed by atoms with van der Waals surface area (Å²) in [6.45, 7) is -0.583. The molecular weight excluding hydrogens is 444 g/mol. The molecule has 0 aliphatic carbocycles. The zero-order valence-electron chi connectivity index (χ0n) is 14.9. The third kappa shape index (κ3) is 5.26. The highest BCUT2D eigenvalue weighted by Crippen LogP contribution is 2.13. The number of nitrogens with one attached hydrogen (secondary N) is 3. The molecule has 0 radical (unpaired) electrons. The van der Waals surface area contributed by atoms with Crippen LogP contribution < -0.4 is 16.4 Å². The Hall–Kier alpha value is -3.53. The highest BCUT2D eigenvalue weighted by atomic mass is 79.9. The average molecular weight is 459 g/mol. The molecule has 3 rings (SSSR count). The Bertz CT molecular complexity index is 1130. The third-order valence-corrected chi connectivity index (χ3v) is 4.40. The van der Waals surface area contributed by atoms with Crippen LogP contribution in [0.15, 0.2) is 57.8 Å². The second kappa shape index (κ2) is 9.11. The van der Waals surface area contributed by atoms with Crippen molar-refractivity contribution in [3.63, 3.8) is 0 Å². The number of ether oxygens (including phenoxy) is 1. The van der Waals surface area contributed by atoms with E-state index in [2.05, 4.69) is 37.0 Å². The molecule has 0 aliphatic heterocycles. The lowest BCUT2D eigenvalue weighted by molar-refractivity contribution is -0.148. The first-order valence-electron chi connectivity index (χ1n) is 8.40. The second-order valence-corrected chi connectivity index (χ2v) is 6.81. The van der Waals surface area contributed by atoms with Crippen LogP contribution in [0, 0.1) is 0 Å². The molecule has 0 atom stereocenters. The molecule has 0 aliphatic rings. The molecular formula is C19H15BrN4O5. The summed E-state index contributed by atoms with van der Waals surface area (Å²) in [6, 6.07) is 13.2. The first kappa shape index (κ1) is 20.2. The lowest BCUT2D eigenvalue weighted by Crippen LogP contribution is -2.43. The van der Waals surface area contributed by atoms with Crippen LogP contribution >= 0.6 is 15.9 Å². The number of H-pyrrole nitrogens is 1. The molecule has 1 aromatic heterocycles. The van der Waals surface area contributed by atoms with Crippen molar-refractivity contribution >= 4 is 44.5 Å². The molecule has 1 heterocycles. The van der Waals surface area contributed by atoms with Gasteiger partial charge in [-0.05, 0) is 30.3 Å². The van der Waals surface area contributed by atoms with E-state index in [1.165, 1.54) is 0 Å². The van der Waals surface area contributed by atoms with Crippen molar-refractivity contribution in [3.05, 3.63) is 74.6 Å². The van der Waals surface area contributed by atoms with Gasteiger partial charge in [-0.1, -0.05) is 34.1 Å². The summed E-state index contributed by atoms with van der Waals surface area (Å²) >= 11 is 3.26. The summed E-state index contributed by atoms with van der Waals surface area (Å²) in [7, 11) is 0. The maximum atomic E-state index is 12.0. The van der Waals surface area contributed by atoms with Gasteiger partial charge in [-0.15, -0.1) is 0 Å². The van der Waals surface area contributed by atoms with E-state index < -0.39 is 24.4 Å². The monoisotopic (exact) mass is 458 g/mol. The number of carbonyl (C=O) groups excluding carboxylic acids is 3. The van der Waals surface area contributed by atoms with Gasteiger partial charge in [0.25, 0.3) is 17.4 Å². The largest absolute Gasteiger partial charge is 0.455 e. The van der Waals surface area contributed by atoms with Gasteiger partial charge in [0.1, 0.15) is 0 Å². The van der Waals surface area contributed by atoms with Gasteiger partial charge in [0.15, 0.2) is 6.61 Å². The smallest absolute Gasteiger partial charge is 0.312 e. The summed E-state index contributed by atoms with van der Waals surface area (Å²) < 4.78 is 5.71. The number of hydrogen-bond acceptors (Lipinski definition) is 6. The van der Waals surface area contributed by atoms with E-state index in [-0.39, 0.29) is 12.0 Å². The van der Waals surface area contributed by atoms with Gasteiger partial charge in [-0.25, -0.2) is 5.10 Å². The number of amides is 2. The predicted molar refractivity (Wildman–Crippen MR) is 107 cm³/mol. The van der Waals surface area contributed by atoms with E-state index in [1.807, 2.05) is 0 Å². The lowest BCUT2D eigenvalue weighted by Gasteiger charge is -2.08. The van der Waals surface area contributed by atoms with Crippen molar-refractivity contribution in [1.82, 2.24) is 21.0 Å². The van der Waals surface area contributed by atoms with Crippen LogP contribution in [0.2, 0.25) is 0 Å². The quantitative estimate of drug-likeness (QED) is 0.389. The van der Waals surface area contributed by atoms with Crippen molar-refractivity contribution in [1.29, 1.82) is 0 Å². The molecule has 0 unspecified atom stereocenters. The fourth-order valence-corrected chi connectivity index (χ4v) is 2.74. The number of hydrazine groups is 1. The second-order valence-electron chi connectivity index (χ2n) is 5.89. The maximum absolute atomic E-state index is 12.0. The molecule has 3 N–H and O–H groups in total. The molecule has 10 heteroatoms.